The number of carbonyl (C=O) groups is 1. The fourth-order valence-electron chi connectivity index (χ4n) is 3.29. The van der Waals surface area contributed by atoms with E-state index >= 15 is 0 Å². The number of imidazole rings is 1. The molecule has 25 heavy (non-hydrogen) atoms. The summed E-state index contributed by atoms with van der Waals surface area (Å²) in [6, 6.07) is 7.38. The molecule has 1 fully saturated rings. The molecule has 2 N–H and O–H groups in total. The van der Waals surface area contributed by atoms with Gasteiger partial charge in [-0.3, -0.25) is 14.7 Å². The van der Waals surface area contributed by atoms with Gasteiger partial charge in [-0.15, -0.1) is 0 Å². The Morgan fingerprint density at radius 2 is 2.24 bits per heavy atom. The molecule has 126 valence electrons. The van der Waals surface area contributed by atoms with E-state index in [1.807, 2.05) is 22.8 Å². The van der Waals surface area contributed by atoms with Crippen LogP contribution < -0.4 is 5.32 Å². The van der Waals surface area contributed by atoms with E-state index in [2.05, 4.69) is 16.4 Å². The zero-order valence-electron chi connectivity index (χ0n) is 14.0. The van der Waals surface area contributed by atoms with E-state index in [1.165, 1.54) is 0 Å². The van der Waals surface area contributed by atoms with Crippen LogP contribution in [0.25, 0.3) is 16.7 Å². The zero-order valence-corrected chi connectivity index (χ0v) is 14.0. The van der Waals surface area contributed by atoms with Crippen LogP contribution >= 0.6 is 0 Å². The Bertz CT molecular complexity index is 985. The van der Waals surface area contributed by atoms with Gasteiger partial charge in [0, 0.05) is 11.6 Å². The van der Waals surface area contributed by atoms with Gasteiger partial charge >= 0.3 is 0 Å². The van der Waals surface area contributed by atoms with Crippen molar-refractivity contribution in [1.29, 1.82) is 5.26 Å². The maximum Gasteiger partial charge on any atom is 0.230 e. The van der Waals surface area contributed by atoms with Crippen LogP contribution in [0.4, 0.5) is 5.95 Å². The maximum absolute atomic E-state index is 12.5. The third kappa shape index (κ3) is 2.63. The number of carbonyl (C=O) groups excluding carboxylic acids is 1. The first kappa shape index (κ1) is 15.6. The molecule has 2 aromatic rings. The Morgan fingerprint density at radius 1 is 1.48 bits per heavy atom. The number of rotatable bonds is 4. The van der Waals surface area contributed by atoms with E-state index < -0.39 is 5.60 Å². The Kier molecular flexibility index (Phi) is 3.31. The van der Waals surface area contributed by atoms with E-state index in [1.54, 1.807) is 32.0 Å². The van der Waals surface area contributed by atoms with E-state index in [0.29, 0.717) is 23.4 Å². The summed E-state index contributed by atoms with van der Waals surface area (Å²) in [5.41, 5.74) is 2.08. The van der Waals surface area contributed by atoms with Crippen LogP contribution in [-0.4, -0.2) is 26.2 Å². The Balaban J connectivity index is 1.68. The predicted octanol–water partition coefficient (Wildman–Crippen LogP) is 2.66. The first-order valence-electron chi connectivity index (χ1n) is 8.23. The van der Waals surface area contributed by atoms with Gasteiger partial charge in [0.15, 0.2) is 0 Å². The Hall–Kier alpha value is -2.91. The molecule has 1 saturated carbocycles. The fourth-order valence-corrected chi connectivity index (χ4v) is 3.29. The molecule has 1 amide bonds. The average Bonchev–Trinajstić information content (AvgIpc) is 3.26. The summed E-state index contributed by atoms with van der Waals surface area (Å²) in [7, 11) is 0. The molecule has 6 nitrogen and oxygen atoms in total. The van der Waals surface area contributed by atoms with Crippen LogP contribution in [0.1, 0.15) is 25.8 Å². The summed E-state index contributed by atoms with van der Waals surface area (Å²) >= 11 is 0. The normalized spacial score (nSPS) is 21.4. The molecule has 1 aromatic heterocycles. The van der Waals surface area contributed by atoms with E-state index in [0.717, 1.165) is 11.2 Å². The monoisotopic (exact) mass is 334 g/mol. The number of hydrogen-bond acceptors (Lipinski definition) is 4. The van der Waals surface area contributed by atoms with Crippen LogP contribution in [0.2, 0.25) is 0 Å². The summed E-state index contributed by atoms with van der Waals surface area (Å²) in [5.74, 6) is 0.0763. The smallest absolute Gasteiger partial charge is 0.230 e. The van der Waals surface area contributed by atoms with E-state index in [4.69, 9.17) is 5.26 Å². The number of hydrogen-bond donors (Lipinski definition) is 2. The number of fused-ring (bicyclic) bond motifs is 1. The van der Waals surface area contributed by atoms with Crippen molar-refractivity contribution in [2.24, 2.45) is 11.8 Å². The molecule has 2 aliphatic carbocycles. The van der Waals surface area contributed by atoms with Crippen LogP contribution in [0.15, 0.2) is 36.4 Å². The van der Waals surface area contributed by atoms with Gasteiger partial charge in [0.05, 0.1) is 28.3 Å². The largest absolute Gasteiger partial charge is 0.390 e. The van der Waals surface area contributed by atoms with Crippen molar-refractivity contribution in [2.75, 3.05) is 5.32 Å². The second-order valence-electron chi connectivity index (χ2n) is 7.13. The van der Waals surface area contributed by atoms with Crippen LogP contribution in [0, 0.1) is 23.2 Å². The van der Waals surface area contributed by atoms with Gasteiger partial charge in [0.1, 0.15) is 0 Å². The SMILES string of the molecule is CC(C)(O)[C@H]1C[C@@H]1C(=O)Nc1nc2ccc(C#N)cc2n1C1=CC=C1. The van der Waals surface area contributed by atoms with E-state index in [-0.39, 0.29) is 17.7 Å². The van der Waals surface area contributed by atoms with Gasteiger partial charge < -0.3 is 5.11 Å². The summed E-state index contributed by atoms with van der Waals surface area (Å²) in [6.45, 7) is 3.46. The molecule has 0 spiro atoms. The molecule has 0 aliphatic heterocycles. The minimum absolute atomic E-state index is 0.0293. The van der Waals surface area contributed by atoms with Gasteiger partial charge in [-0.1, -0.05) is 6.08 Å². The van der Waals surface area contributed by atoms with Crippen molar-refractivity contribution in [3.8, 4) is 6.07 Å². The van der Waals surface area contributed by atoms with E-state index in [9.17, 15) is 9.90 Å². The summed E-state index contributed by atoms with van der Waals surface area (Å²) in [6.07, 6.45) is 6.43. The number of aliphatic hydroxyl groups is 1. The lowest BCUT2D eigenvalue weighted by Crippen LogP contribution is -2.26. The molecule has 1 aromatic carbocycles. The van der Waals surface area contributed by atoms with Crippen LogP contribution in [-0.2, 0) is 4.79 Å². The average molecular weight is 334 g/mol. The molecular weight excluding hydrogens is 316 g/mol. The number of benzene rings is 1. The number of nitrogens with zero attached hydrogens (tertiary/aromatic N) is 3. The molecule has 4 rings (SSSR count). The minimum atomic E-state index is -0.858. The minimum Gasteiger partial charge on any atom is -0.390 e. The lowest BCUT2D eigenvalue weighted by molar-refractivity contribution is -0.118. The second-order valence-corrected chi connectivity index (χ2v) is 7.13. The Labute approximate surface area is 145 Å². The van der Waals surface area contributed by atoms with Crippen molar-refractivity contribution in [2.45, 2.75) is 25.9 Å². The van der Waals surface area contributed by atoms with Gasteiger partial charge in [-0.05, 0) is 56.5 Å². The lowest BCUT2D eigenvalue weighted by atomic mass is 10.0. The Morgan fingerprint density at radius 3 is 2.80 bits per heavy atom. The molecule has 1 heterocycles. The van der Waals surface area contributed by atoms with Gasteiger partial charge in [-0.2, -0.15) is 5.26 Å². The highest BCUT2D eigenvalue weighted by Crippen LogP contribution is 2.46. The molecule has 0 radical (unpaired) electrons. The highest BCUT2D eigenvalue weighted by atomic mass is 16.3. The van der Waals surface area contributed by atoms with Gasteiger partial charge in [0.2, 0.25) is 11.9 Å². The highest BCUT2D eigenvalue weighted by molar-refractivity contribution is 5.97. The highest BCUT2D eigenvalue weighted by Gasteiger charge is 2.51. The standard InChI is InChI=1S/C19H18N4O2/c1-19(2,25)14-9-13(14)17(24)22-18-21-15-7-6-11(10-20)8-16(15)23(18)12-4-3-5-12/h3-8,13-14,25H,9H2,1-2H3,(H,21,22,24)/t13-,14-/m0/s1. The molecule has 0 saturated heterocycles. The molecule has 6 heteroatoms. The van der Waals surface area contributed by atoms with Crippen molar-refractivity contribution in [1.82, 2.24) is 9.55 Å². The second kappa shape index (κ2) is 5.30. The maximum atomic E-state index is 12.5. The number of nitriles is 1. The summed E-state index contributed by atoms with van der Waals surface area (Å²) in [4.78, 5) is 17.1. The number of anilines is 1. The van der Waals surface area contributed by atoms with Crippen LogP contribution in [0.5, 0.6) is 0 Å². The van der Waals surface area contributed by atoms with Crippen molar-refractivity contribution < 1.29 is 9.90 Å². The summed E-state index contributed by atoms with van der Waals surface area (Å²) in [5, 5.41) is 22.1. The van der Waals surface area contributed by atoms with Gasteiger partial charge in [0.25, 0.3) is 0 Å². The molecular formula is C19H18N4O2. The first-order chi connectivity index (χ1) is 11.9. The molecule has 2 aliphatic rings. The fraction of sp³-hybridized carbons (Fsp3) is 0.316. The number of amides is 1. The molecule has 0 unspecified atom stereocenters. The third-order valence-corrected chi connectivity index (χ3v) is 4.85. The third-order valence-electron chi connectivity index (χ3n) is 4.85. The topological polar surface area (TPSA) is 90.9 Å². The quantitative estimate of drug-likeness (QED) is 0.899. The van der Waals surface area contributed by atoms with Crippen molar-refractivity contribution >= 4 is 28.6 Å². The van der Waals surface area contributed by atoms with Gasteiger partial charge in [-0.25, -0.2) is 4.98 Å². The summed E-state index contributed by atoms with van der Waals surface area (Å²) < 4.78 is 1.84. The predicted molar refractivity (Wildman–Crippen MR) is 94.4 cm³/mol. The number of nitrogens with one attached hydrogen (secondary N) is 1. The molecule has 0 bridgehead atoms. The van der Waals surface area contributed by atoms with Crippen molar-refractivity contribution in [3.05, 3.63) is 42.0 Å². The number of aromatic nitrogens is 2. The molecule has 2 atom stereocenters. The zero-order chi connectivity index (χ0) is 17.8. The first-order valence-corrected chi connectivity index (χ1v) is 8.23. The number of allylic oxidation sites excluding steroid dienone is 4. The van der Waals surface area contributed by atoms with Crippen molar-refractivity contribution in [3.63, 3.8) is 0 Å². The lowest BCUT2D eigenvalue weighted by Gasteiger charge is -2.17. The van der Waals surface area contributed by atoms with Crippen LogP contribution in [0.3, 0.4) is 0 Å².